The minimum Gasteiger partial charge on any atom is -0.490 e. The van der Waals surface area contributed by atoms with Crippen LogP contribution >= 0.6 is 11.6 Å². The average Bonchev–Trinajstić information content (AvgIpc) is 3.40. The molecular weight excluding hydrogens is 570 g/mol. The van der Waals surface area contributed by atoms with E-state index in [0.717, 1.165) is 57.1 Å². The van der Waals surface area contributed by atoms with Gasteiger partial charge in [-0.15, -0.1) is 0 Å². The highest BCUT2D eigenvalue weighted by atomic mass is 35.5. The summed E-state index contributed by atoms with van der Waals surface area (Å²) in [6.45, 7) is 3.32. The van der Waals surface area contributed by atoms with Crippen molar-refractivity contribution in [2.24, 2.45) is 5.41 Å². The third-order valence-corrected chi connectivity index (χ3v) is 13.7. The molecule has 3 heterocycles. The lowest BCUT2D eigenvalue weighted by Crippen LogP contribution is -2.46. The molecule has 1 aromatic heterocycles. The number of aryl methyl sites for hydroxylation is 1. The van der Waals surface area contributed by atoms with Gasteiger partial charge in [0.1, 0.15) is 10.6 Å². The van der Waals surface area contributed by atoms with Gasteiger partial charge in [0.05, 0.1) is 16.9 Å². The summed E-state index contributed by atoms with van der Waals surface area (Å²) in [6.07, 6.45) is 12.0. The van der Waals surface area contributed by atoms with Crippen molar-refractivity contribution in [3.8, 4) is 5.75 Å². The fourth-order valence-corrected chi connectivity index (χ4v) is 10.8. The molecule has 1 aliphatic carbocycles. The quantitative estimate of drug-likeness (QED) is 0.377. The summed E-state index contributed by atoms with van der Waals surface area (Å²) >= 11 is 6.29. The van der Waals surface area contributed by atoms with Crippen molar-refractivity contribution >= 4 is 31.6 Å². The summed E-state index contributed by atoms with van der Waals surface area (Å²) in [5, 5.41) is 0.228. The number of pyridine rings is 1. The predicted octanol–water partition coefficient (Wildman–Crippen LogP) is 5.41. The maximum atomic E-state index is 13.5. The molecule has 0 amide bonds. The summed E-state index contributed by atoms with van der Waals surface area (Å²) in [6, 6.07) is 8.66. The molecule has 5 rings (SSSR count). The lowest BCUT2D eigenvalue weighted by molar-refractivity contribution is 0.0433. The fourth-order valence-electron chi connectivity index (χ4n) is 6.77. The van der Waals surface area contributed by atoms with Gasteiger partial charge in [-0.05, 0) is 100 Å². The molecule has 1 atom stereocenters. The third kappa shape index (κ3) is 6.51. The predicted molar refractivity (Wildman–Crippen MR) is 156 cm³/mol. The van der Waals surface area contributed by atoms with E-state index in [1.165, 1.54) is 4.31 Å². The number of hydrogen-bond acceptors (Lipinski definition) is 6. The van der Waals surface area contributed by atoms with Gasteiger partial charge < -0.3 is 4.74 Å². The second kappa shape index (κ2) is 12.3. The molecule has 1 aromatic carbocycles. The average molecular weight is 610 g/mol. The van der Waals surface area contributed by atoms with Crippen LogP contribution in [0.4, 0.5) is 0 Å². The molecule has 2 aliphatic heterocycles. The Kier molecular flexibility index (Phi) is 9.12. The lowest BCUT2D eigenvalue weighted by atomic mass is 9.68. The molecule has 3 fully saturated rings. The molecule has 2 saturated heterocycles. The van der Waals surface area contributed by atoms with Crippen molar-refractivity contribution in [3.05, 3.63) is 53.3 Å². The van der Waals surface area contributed by atoms with E-state index in [0.29, 0.717) is 38.0 Å². The first kappa shape index (κ1) is 29.8. The van der Waals surface area contributed by atoms with Gasteiger partial charge in [0, 0.05) is 38.1 Å². The number of sulfonamides is 2. The Morgan fingerprint density at radius 3 is 2.35 bits per heavy atom. The Morgan fingerprint density at radius 1 is 0.975 bits per heavy atom. The van der Waals surface area contributed by atoms with E-state index >= 15 is 0 Å². The lowest BCUT2D eigenvalue weighted by Gasteiger charge is -2.45. The Balaban J connectivity index is 1.10. The molecule has 2 aromatic rings. The summed E-state index contributed by atoms with van der Waals surface area (Å²) in [5.41, 5.74) is 0.831. The third-order valence-electron chi connectivity index (χ3n) is 9.12. The van der Waals surface area contributed by atoms with Crippen molar-refractivity contribution in [2.75, 3.05) is 25.4 Å². The van der Waals surface area contributed by atoms with Crippen LogP contribution in [0.25, 0.3) is 0 Å². The number of rotatable bonds is 9. The van der Waals surface area contributed by atoms with Gasteiger partial charge in [-0.3, -0.25) is 4.98 Å². The molecule has 8 nitrogen and oxygen atoms in total. The summed E-state index contributed by atoms with van der Waals surface area (Å²) in [5.74, 6) is 0.909. The van der Waals surface area contributed by atoms with Gasteiger partial charge in [0.2, 0.25) is 20.0 Å². The topological polar surface area (TPSA) is 96.9 Å². The van der Waals surface area contributed by atoms with E-state index < -0.39 is 20.0 Å². The van der Waals surface area contributed by atoms with E-state index in [-0.39, 0.29) is 33.2 Å². The van der Waals surface area contributed by atoms with Crippen LogP contribution in [0.2, 0.25) is 5.02 Å². The van der Waals surface area contributed by atoms with E-state index in [1.807, 2.05) is 12.1 Å². The number of ether oxygens (including phenoxy) is 1. The van der Waals surface area contributed by atoms with Crippen molar-refractivity contribution < 1.29 is 21.6 Å². The van der Waals surface area contributed by atoms with Crippen LogP contribution in [-0.2, 0) is 20.0 Å². The fraction of sp³-hybridized carbons (Fsp3) is 0.621. The van der Waals surface area contributed by atoms with Gasteiger partial charge in [0.15, 0.2) is 0 Å². The minimum absolute atomic E-state index is 0.0529. The molecule has 1 saturated carbocycles. The van der Waals surface area contributed by atoms with Crippen LogP contribution in [-0.4, -0.2) is 68.0 Å². The van der Waals surface area contributed by atoms with E-state index in [4.69, 9.17) is 16.3 Å². The van der Waals surface area contributed by atoms with Gasteiger partial charge >= 0.3 is 0 Å². The number of halogens is 1. The number of nitrogens with zero attached hydrogens (tertiary/aromatic N) is 3. The summed E-state index contributed by atoms with van der Waals surface area (Å²) in [7, 11) is -7.13. The monoisotopic (exact) mass is 609 g/mol. The molecule has 3 aliphatic rings. The first-order valence-corrected chi connectivity index (χ1v) is 17.8. The molecule has 0 N–H and O–H groups in total. The smallest absolute Gasteiger partial charge is 0.245 e. The SMILES string of the molecule is Cc1cccc(Cl)c1S(=O)(=O)N1CCC[C@@H]1CCCS(=O)(=O)N1CCC2(CCC(Oc3ccncc3)CC2)CC1. The Morgan fingerprint density at radius 2 is 1.68 bits per heavy atom. The first-order valence-electron chi connectivity index (χ1n) is 14.4. The number of piperidine rings is 1. The van der Waals surface area contributed by atoms with Crippen molar-refractivity contribution in [1.82, 2.24) is 13.6 Å². The molecular formula is C29H40ClN3O5S2. The van der Waals surface area contributed by atoms with Crippen LogP contribution in [0.3, 0.4) is 0 Å². The van der Waals surface area contributed by atoms with Gasteiger partial charge in [-0.1, -0.05) is 23.7 Å². The maximum Gasteiger partial charge on any atom is 0.245 e. The van der Waals surface area contributed by atoms with E-state index in [1.54, 1.807) is 41.8 Å². The highest BCUT2D eigenvalue weighted by molar-refractivity contribution is 7.89. The van der Waals surface area contributed by atoms with Gasteiger partial charge in [-0.2, -0.15) is 4.31 Å². The number of hydrogen-bond donors (Lipinski definition) is 0. The molecule has 0 unspecified atom stereocenters. The standard InChI is InChI=1S/C29H40ClN3O5S2/c1-23-5-2-8-27(30)28(23)40(36,37)33-19-3-6-24(33)7-4-22-39(34,35)32-20-15-29(16-21-32)13-9-25(10-14-29)38-26-11-17-31-18-12-26/h2,5,8,11-12,17-18,24-25H,3-4,6-7,9-10,13-16,19-22H2,1H3/t24-/m1/s1. The van der Waals surface area contributed by atoms with Crippen LogP contribution in [0.1, 0.15) is 69.8 Å². The zero-order valence-electron chi connectivity index (χ0n) is 23.2. The van der Waals surface area contributed by atoms with Crippen LogP contribution < -0.4 is 4.74 Å². The second-order valence-electron chi connectivity index (χ2n) is 11.7. The number of aromatic nitrogens is 1. The Hall–Kier alpha value is -1.72. The van der Waals surface area contributed by atoms with E-state index in [9.17, 15) is 16.8 Å². The van der Waals surface area contributed by atoms with Crippen molar-refractivity contribution in [3.63, 3.8) is 0 Å². The van der Waals surface area contributed by atoms with Crippen molar-refractivity contribution in [1.29, 1.82) is 0 Å². The Bertz CT molecular complexity index is 1350. The number of benzene rings is 1. The second-order valence-corrected chi connectivity index (χ2v) is 16.0. The van der Waals surface area contributed by atoms with Gasteiger partial charge in [-0.25, -0.2) is 21.1 Å². The zero-order chi connectivity index (χ0) is 28.4. The van der Waals surface area contributed by atoms with Crippen LogP contribution in [0, 0.1) is 12.3 Å². The van der Waals surface area contributed by atoms with Gasteiger partial charge in [0.25, 0.3) is 0 Å². The summed E-state index contributed by atoms with van der Waals surface area (Å²) < 4.78 is 62.7. The zero-order valence-corrected chi connectivity index (χ0v) is 25.6. The first-order chi connectivity index (χ1) is 19.1. The molecule has 40 heavy (non-hydrogen) atoms. The van der Waals surface area contributed by atoms with E-state index in [2.05, 4.69) is 4.98 Å². The molecule has 220 valence electrons. The highest BCUT2D eigenvalue weighted by Gasteiger charge is 2.41. The van der Waals surface area contributed by atoms with Crippen LogP contribution in [0.15, 0.2) is 47.6 Å². The molecule has 0 radical (unpaired) electrons. The molecule has 1 spiro atoms. The van der Waals surface area contributed by atoms with Crippen LogP contribution in [0.5, 0.6) is 5.75 Å². The summed E-state index contributed by atoms with van der Waals surface area (Å²) in [4.78, 5) is 4.20. The minimum atomic E-state index is -3.74. The highest BCUT2D eigenvalue weighted by Crippen LogP contribution is 2.46. The maximum absolute atomic E-state index is 13.5. The molecule has 0 bridgehead atoms. The van der Waals surface area contributed by atoms with Crippen molar-refractivity contribution in [2.45, 2.75) is 88.2 Å². The normalized spacial score (nSPS) is 23.0. The largest absolute Gasteiger partial charge is 0.490 e. The molecule has 11 heteroatoms. The Labute approximate surface area is 244 Å².